The third-order valence-corrected chi connectivity index (χ3v) is 4.38. The van der Waals surface area contributed by atoms with E-state index < -0.39 is 9.84 Å². The third kappa shape index (κ3) is 3.37. The monoisotopic (exact) mass is 319 g/mol. The zero-order chi connectivity index (χ0) is 12.5. The van der Waals surface area contributed by atoms with E-state index in [9.17, 15) is 12.8 Å². The van der Waals surface area contributed by atoms with Crippen LogP contribution in [0.25, 0.3) is 0 Å². The van der Waals surface area contributed by atoms with Gasteiger partial charge >= 0.3 is 0 Å². The molecule has 1 atom stereocenters. The molecule has 0 aliphatic carbocycles. The summed E-state index contributed by atoms with van der Waals surface area (Å²) in [5.74, 6) is -0.256. The zero-order valence-electron chi connectivity index (χ0n) is 8.86. The van der Waals surface area contributed by atoms with Gasteiger partial charge in [-0.25, -0.2) is 12.8 Å². The second-order valence-electron chi connectivity index (χ2n) is 3.88. The molecule has 0 bridgehead atoms. The van der Waals surface area contributed by atoms with Gasteiger partial charge in [-0.3, -0.25) is 0 Å². The van der Waals surface area contributed by atoms with E-state index in [1.54, 1.807) is 18.2 Å². The largest absolute Gasteiger partial charge is 0.305 e. The van der Waals surface area contributed by atoms with Crippen molar-refractivity contribution >= 4 is 25.8 Å². The number of nitrogens with one attached hydrogen (secondary N) is 1. The molecule has 0 saturated heterocycles. The van der Waals surface area contributed by atoms with E-state index in [0.29, 0.717) is 12.1 Å². The SMILES string of the molecule is O=S1(=O)C=CC(NCc2cc(Br)ccc2F)C1. The molecule has 17 heavy (non-hydrogen) atoms. The van der Waals surface area contributed by atoms with E-state index in [0.717, 1.165) is 4.47 Å². The number of rotatable bonds is 3. The van der Waals surface area contributed by atoms with E-state index in [1.165, 1.54) is 11.5 Å². The second kappa shape index (κ2) is 4.88. The van der Waals surface area contributed by atoms with Crippen LogP contribution in [0.1, 0.15) is 5.56 Å². The van der Waals surface area contributed by atoms with E-state index in [-0.39, 0.29) is 17.6 Å². The van der Waals surface area contributed by atoms with Crippen LogP contribution in [0.3, 0.4) is 0 Å². The molecule has 0 radical (unpaired) electrons. The summed E-state index contributed by atoms with van der Waals surface area (Å²) in [6.07, 6.45) is 1.59. The molecule has 1 aliphatic rings. The van der Waals surface area contributed by atoms with Crippen molar-refractivity contribution in [1.29, 1.82) is 0 Å². The highest BCUT2D eigenvalue weighted by atomic mass is 79.9. The van der Waals surface area contributed by atoms with Crippen LogP contribution in [0.2, 0.25) is 0 Å². The fourth-order valence-electron chi connectivity index (χ4n) is 1.62. The highest BCUT2D eigenvalue weighted by molar-refractivity contribution is 9.10. The summed E-state index contributed by atoms with van der Waals surface area (Å²) in [6.45, 7) is 0.301. The molecule has 0 saturated carbocycles. The fourth-order valence-corrected chi connectivity index (χ4v) is 3.30. The highest BCUT2D eigenvalue weighted by Gasteiger charge is 2.21. The Balaban J connectivity index is 1.99. The number of hydrogen-bond acceptors (Lipinski definition) is 3. The fraction of sp³-hybridized carbons (Fsp3) is 0.273. The molecule has 1 heterocycles. The third-order valence-electron chi connectivity index (χ3n) is 2.49. The van der Waals surface area contributed by atoms with Crippen molar-refractivity contribution in [3.8, 4) is 0 Å². The maximum absolute atomic E-state index is 13.4. The molecule has 0 fully saturated rings. The molecular weight excluding hydrogens is 309 g/mol. The molecule has 2 rings (SSSR count). The lowest BCUT2D eigenvalue weighted by molar-refractivity contribution is 0.568. The average molecular weight is 320 g/mol. The van der Waals surface area contributed by atoms with Crippen LogP contribution in [0.4, 0.5) is 4.39 Å². The van der Waals surface area contributed by atoms with Gasteiger partial charge in [-0.05, 0) is 18.2 Å². The Morgan fingerprint density at radius 1 is 1.47 bits per heavy atom. The molecular formula is C11H11BrFNO2S. The first-order valence-electron chi connectivity index (χ1n) is 5.04. The van der Waals surface area contributed by atoms with Gasteiger partial charge in [0.15, 0.2) is 9.84 Å². The Hall–Kier alpha value is -0.720. The van der Waals surface area contributed by atoms with Gasteiger partial charge in [0, 0.05) is 28.0 Å². The Labute approximate surface area is 108 Å². The summed E-state index contributed by atoms with van der Waals surface area (Å²) in [4.78, 5) is 0. The summed E-state index contributed by atoms with van der Waals surface area (Å²) in [5, 5.41) is 4.19. The van der Waals surface area contributed by atoms with Gasteiger partial charge in [0.05, 0.1) is 5.75 Å². The summed E-state index contributed by atoms with van der Waals surface area (Å²) in [5.41, 5.74) is 0.511. The number of hydrogen-bond donors (Lipinski definition) is 1. The second-order valence-corrected chi connectivity index (χ2v) is 6.73. The minimum Gasteiger partial charge on any atom is -0.305 e. The molecule has 92 valence electrons. The van der Waals surface area contributed by atoms with Crippen LogP contribution >= 0.6 is 15.9 Å². The summed E-state index contributed by atoms with van der Waals surface area (Å²) >= 11 is 3.26. The molecule has 0 spiro atoms. The Morgan fingerprint density at radius 3 is 2.88 bits per heavy atom. The van der Waals surface area contributed by atoms with E-state index in [1.807, 2.05) is 0 Å². The van der Waals surface area contributed by atoms with Crippen molar-refractivity contribution in [2.45, 2.75) is 12.6 Å². The van der Waals surface area contributed by atoms with E-state index >= 15 is 0 Å². The van der Waals surface area contributed by atoms with Gasteiger partial charge in [0.25, 0.3) is 0 Å². The van der Waals surface area contributed by atoms with Crippen molar-refractivity contribution < 1.29 is 12.8 Å². The standard InChI is InChI=1S/C11H11BrFNO2S/c12-9-1-2-11(13)8(5-9)6-14-10-3-4-17(15,16)7-10/h1-5,10,14H,6-7H2. The lowest BCUT2D eigenvalue weighted by Crippen LogP contribution is -2.29. The van der Waals surface area contributed by atoms with Crippen LogP contribution in [-0.2, 0) is 16.4 Å². The van der Waals surface area contributed by atoms with Crippen LogP contribution < -0.4 is 5.32 Å². The molecule has 1 N–H and O–H groups in total. The van der Waals surface area contributed by atoms with Gasteiger partial charge in [-0.1, -0.05) is 22.0 Å². The normalized spacial score (nSPS) is 21.9. The van der Waals surface area contributed by atoms with Crippen LogP contribution in [0, 0.1) is 5.82 Å². The molecule has 1 unspecified atom stereocenters. The molecule has 1 aliphatic heterocycles. The van der Waals surface area contributed by atoms with Crippen molar-refractivity contribution in [3.05, 3.63) is 45.5 Å². The maximum Gasteiger partial charge on any atom is 0.173 e. The molecule has 6 heteroatoms. The zero-order valence-corrected chi connectivity index (χ0v) is 11.3. The van der Waals surface area contributed by atoms with Gasteiger partial charge in [0.1, 0.15) is 5.82 Å². The number of benzene rings is 1. The molecule has 1 aromatic rings. The summed E-state index contributed by atoms with van der Waals surface area (Å²) < 4.78 is 36.5. The highest BCUT2D eigenvalue weighted by Crippen LogP contribution is 2.16. The van der Waals surface area contributed by atoms with E-state index in [2.05, 4.69) is 21.2 Å². The van der Waals surface area contributed by atoms with Crippen LogP contribution in [0.15, 0.2) is 34.2 Å². The molecule has 0 amide bonds. The first-order valence-corrected chi connectivity index (χ1v) is 7.55. The van der Waals surface area contributed by atoms with Crippen molar-refractivity contribution in [3.63, 3.8) is 0 Å². The number of halogens is 2. The predicted octanol–water partition coefficient (Wildman–Crippen LogP) is 1.99. The van der Waals surface area contributed by atoms with Crippen molar-refractivity contribution in [2.24, 2.45) is 0 Å². The van der Waals surface area contributed by atoms with Gasteiger partial charge in [0.2, 0.25) is 0 Å². The quantitative estimate of drug-likeness (QED) is 0.926. The minimum atomic E-state index is -3.06. The molecule has 1 aromatic carbocycles. The van der Waals surface area contributed by atoms with Gasteiger partial charge < -0.3 is 5.32 Å². The first-order chi connectivity index (χ1) is 7.96. The topological polar surface area (TPSA) is 46.2 Å². The van der Waals surface area contributed by atoms with E-state index in [4.69, 9.17) is 0 Å². The smallest absolute Gasteiger partial charge is 0.173 e. The first kappa shape index (κ1) is 12.7. The van der Waals surface area contributed by atoms with Gasteiger partial charge in [-0.15, -0.1) is 0 Å². The molecule has 0 aromatic heterocycles. The Morgan fingerprint density at radius 2 is 2.24 bits per heavy atom. The minimum absolute atomic E-state index is 0.0443. The summed E-state index contributed by atoms with van der Waals surface area (Å²) in [7, 11) is -3.06. The van der Waals surface area contributed by atoms with Crippen molar-refractivity contribution in [1.82, 2.24) is 5.32 Å². The van der Waals surface area contributed by atoms with Crippen LogP contribution in [0.5, 0.6) is 0 Å². The summed E-state index contributed by atoms with van der Waals surface area (Å²) in [6, 6.07) is 4.44. The lowest BCUT2D eigenvalue weighted by atomic mass is 10.2. The van der Waals surface area contributed by atoms with Crippen LogP contribution in [-0.4, -0.2) is 20.2 Å². The Kier molecular flexibility index (Phi) is 3.65. The predicted molar refractivity (Wildman–Crippen MR) is 67.7 cm³/mol. The maximum atomic E-state index is 13.4. The number of sulfone groups is 1. The van der Waals surface area contributed by atoms with Gasteiger partial charge in [-0.2, -0.15) is 0 Å². The lowest BCUT2D eigenvalue weighted by Gasteiger charge is -2.10. The van der Waals surface area contributed by atoms with Crippen molar-refractivity contribution in [2.75, 3.05) is 5.75 Å². The molecule has 3 nitrogen and oxygen atoms in total. The average Bonchev–Trinajstić information content (AvgIpc) is 2.60. The Bertz CT molecular complexity index is 557.